The Morgan fingerprint density at radius 3 is 2.20 bits per heavy atom. The highest BCUT2D eigenvalue weighted by Crippen LogP contribution is 1.81. The Labute approximate surface area is 34.6 Å². The van der Waals surface area contributed by atoms with Gasteiger partial charge in [-0.05, 0) is 0 Å². The first kappa shape index (κ1) is 2.78. The molecule has 0 aromatic heterocycles. The summed E-state index contributed by atoms with van der Waals surface area (Å²) in [6.45, 7) is 3.35. The zero-order valence-corrected chi connectivity index (χ0v) is 3.58. The van der Waals surface area contributed by atoms with Crippen molar-refractivity contribution in [2.75, 3.05) is 0 Å². The molecule has 0 nitrogen and oxygen atoms in total. The molecule has 0 saturated heterocycles. The first-order valence-corrected chi connectivity index (χ1v) is 1.54. The van der Waals surface area contributed by atoms with Crippen LogP contribution in [0, 0.1) is 18.2 Å². The Morgan fingerprint density at radius 1 is 2.00 bits per heavy atom. The molecule has 0 unspecified atom stereocenters. The molecule has 0 saturated carbocycles. The van der Waals surface area contributed by atoms with Gasteiger partial charge in [0, 0.05) is 7.26 Å². The Bertz CT molecular complexity index is 70.9. The molecule has 0 aromatic rings. The van der Waals surface area contributed by atoms with Gasteiger partial charge in [-0.2, -0.15) is 0 Å². The third-order valence-electron chi connectivity index (χ3n) is 0.289. The monoisotopic (exact) mass is 69.1 g/mol. The predicted octanol–water partition coefficient (Wildman–Crippen LogP) is 1.28. The smallest absolute Gasteiger partial charge is 0.0433 e. The third kappa shape index (κ3) is 3.56. The molecule has 0 fully saturated rings. The summed E-state index contributed by atoms with van der Waals surface area (Å²) in [6.07, 6.45) is 4.87. The van der Waals surface area contributed by atoms with Gasteiger partial charge in [0.2, 0.25) is 0 Å². The van der Waals surface area contributed by atoms with E-state index in [1.165, 1.54) is 0 Å². The van der Waals surface area contributed by atoms with Gasteiger partial charge < -0.3 is 0 Å². The van der Waals surface area contributed by atoms with E-state index in [1.54, 1.807) is 13.8 Å². The second-order valence-corrected chi connectivity index (χ2v) is 1.14. The Morgan fingerprint density at radius 2 is 2.20 bits per heavy atom. The zero-order chi connectivity index (χ0) is 5.21. The van der Waals surface area contributed by atoms with Crippen LogP contribution >= 0.6 is 0 Å². The highest BCUT2D eigenvalue weighted by Gasteiger charge is 1.74. The van der Waals surface area contributed by atoms with E-state index in [1.807, 2.05) is 0 Å². The lowest BCUT2D eigenvalue weighted by Crippen LogP contribution is -1.72. The van der Waals surface area contributed by atoms with Crippen molar-refractivity contribution in [2.24, 2.45) is 5.89 Å². The van der Waals surface area contributed by atoms with Crippen molar-refractivity contribution in [2.45, 2.75) is 13.8 Å². The van der Waals surface area contributed by atoms with Crippen molar-refractivity contribution in [3.63, 3.8) is 0 Å². The quantitative estimate of drug-likeness (QED) is 0.376. The van der Waals surface area contributed by atoms with Crippen molar-refractivity contribution in [3.8, 4) is 12.3 Å². The summed E-state index contributed by atoms with van der Waals surface area (Å²) in [6, 6.07) is 0. The van der Waals surface area contributed by atoms with Gasteiger partial charge in [0.1, 0.15) is 0 Å². The molecule has 0 N–H and O–H groups in total. The SMILES string of the molecule is [2H]C(C)(C)C#C. The van der Waals surface area contributed by atoms with Crippen LogP contribution in [0.2, 0.25) is 0 Å². The summed E-state index contributed by atoms with van der Waals surface area (Å²) in [7, 11) is 0. The van der Waals surface area contributed by atoms with E-state index < -0.39 is 5.89 Å². The topological polar surface area (TPSA) is 0 Å². The maximum absolute atomic E-state index is 6.94. The molecule has 0 bridgehead atoms. The third-order valence-corrected chi connectivity index (χ3v) is 0.289. The fourth-order valence-electron chi connectivity index (χ4n) is 0. The molecule has 0 heterocycles. The zero-order valence-electron chi connectivity index (χ0n) is 4.58. The fraction of sp³-hybridized carbons (Fsp3) is 0.600. The summed E-state index contributed by atoms with van der Waals surface area (Å²) in [5, 5.41) is 0. The second kappa shape index (κ2) is 1.84. The van der Waals surface area contributed by atoms with E-state index >= 15 is 0 Å². The van der Waals surface area contributed by atoms with Crippen molar-refractivity contribution in [1.82, 2.24) is 0 Å². The molecular weight excluding hydrogens is 60.1 g/mol. The minimum atomic E-state index is -0.681. The largest absolute Gasteiger partial charge is 0.120 e. The van der Waals surface area contributed by atoms with Gasteiger partial charge in [0.15, 0.2) is 0 Å². The van der Waals surface area contributed by atoms with Crippen LogP contribution in [0.25, 0.3) is 0 Å². The summed E-state index contributed by atoms with van der Waals surface area (Å²) in [4.78, 5) is 0. The summed E-state index contributed by atoms with van der Waals surface area (Å²) >= 11 is 0. The average Bonchev–Trinajstić information content (AvgIpc) is 1.35. The molecule has 0 rings (SSSR count). The first-order chi connectivity index (χ1) is 2.56. The maximum Gasteiger partial charge on any atom is 0.0433 e. The van der Waals surface area contributed by atoms with E-state index in [4.69, 9.17) is 7.79 Å². The maximum atomic E-state index is 6.94. The standard InChI is InChI=1S/C5H8/c1-4-5(2)3/h1,5H,2-3H3/i5D. The van der Waals surface area contributed by atoms with Gasteiger partial charge >= 0.3 is 0 Å². The average molecular weight is 69.1 g/mol. The van der Waals surface area contributed by atoms with Gasteiger partial charge in [0.05, 0.1) is 0 Å². The molecule has 0 heteroatoms. The summed E-state index contributed by atoms with van der Waals surface area (Å²) < 4.78 is 6.94. The number of terminal acetylenes is 1. The highest BCUT2D eigenvalue weighted by atomic mass is 13.8. The Kier molecular flexibility index (Phi) is 1.02. The Balaban J connectivity index is 3.55. The van der Waals surface area contributed by atoms with E-state index in [9.17, 15) is 0 Å². The summed E-state index contributed by atoms with van der Waals surface area (Å²) in [5.74, 6) is 1.59. The van der Waals surface area contributed by atoms with Gasteiger partial charge in [-0.1, -0.05) is 13.8 Å². The lowest BCUT2D eigenvalue weighted by molar-refractivity contribution is 0.868. The number of hydrogen-bond acceptors (Lipinski definition) is 0. The minimum Gasteiger partial charge on any atom is -0.120 e. The minimum absolute atomic E-state index is 0.681. The highest BCUT2D eigenvalue weighted by molar-refractivity contribution is 4.86. The van der Waals surface area contributed by atoms with Crippen LogP contribution < -0.4 is 0 Å². The molecule has 0 aromatic carbocycles. The van der Waals surface area contributed by atoms with Crippen LogP contribution in [-0.4, -0.2) is 0 Å². The molecule has 0 radical (unpaired) electrons. The Hall–Kier alpha value is -0.440. The molecule has 0 aliphatic carbocycles. The van der Waals surface area contributed by atoms with Crippen LogP contribution in [0.1, 0.15) is 15.2 Å². The molecule has 0 atom stereocenters. The molecule has 0 aliphatic heterocycles. The van der Waals surface area contributed by atoms with Gasteiger partial charge in [-0.25, -0.2) is 0 Å². The van der Waals surface area contributed by atoms with E-state index in [0.29, 0.717) is 0 Å². The van der Waals surface area contributed by atoms with Crippen molar-refractivity contribution in [1.29, 1.82) is 0 Å². The molecule has 28 valence electrons. The molecule has 0 aliphatic rings. The first-order valence-electron chi connectivity index (χ1n) is 2.04. The fourth-order valence-corrected chi connectivity index (χ4v) is 0. The molecule has 0 amide bonds. The van der Waals surface area contributed by atoms with E-state index in [0.717, 1.165) is 0 Å². The van der Waals surface area contributed by atoms with Crippen molar-refractivity contribution in [3.05, 3.63) is 0 Å². The van der Waals surface area contributed by atoms with E-state index in [2.05, 4.69) is 5.92 Å². The van der Waals surface area contributed by atoms with Crippen molar-refractivity contribution >= 4 is 0 Å². The summed E-state index contributed by atoms with van der Waals surface area (Å²) in [5.41, 5.74) is 0. The molecule has 0 spiro atoms. The van der Waals surface area contributed by atoms with Crippen LogP contribution in [0.4, 0.5) is 0 Å². The second-order valence-electron chi connectivity index (χ2n) is 1.14. The number of hydrogen-bond donors (Lipinski definition) is 0. The lowest BCUT2D eigenvalue weighted by Gasteiger charge is -1.80. The van der Waals surface area contributed by atoms with Crippen molar-refractivity contribution < 1.29 is 1.37 Å². The number of rotatable bonds is 0. The predicted molar refractivity (Wildman–Crippen MR) is 23.7 cm³/mol. The lowest BCUT2D eigenvalue weighted by atomic mass is 10.2. The van der Waals surface area contributed by atoms with Crippen LogP contribution in [-0.2, 0) is 0 Å². The van der Waals surface area contributed by atoms with Crippen LogP contribution in [0.5, 0.6) is 0 Å². The van der Waals surface area contributed by atoms with Crippen LogP contribution in [0.3, 0.4) is 0 Å². The van der Waals surface area contributed by atoms with Gasteiger partial charge in [-0.15, -0.1) is 12.3 Å². The van der Waals surface area contributed by atoms with Crippen LogP contribution in [0.15, 0.2) is 0 Å². The van der Waals surface area contributed by atoms with Gasteiger partial charge in [0.25, 0.3) is 0 Å². The normalized spacial score (nSPS) is 12.6. The van der Waals surface area contributed by atoms with E-state index in [-0.39, 0.29) is 0 Å². The van der Waals surface area contributed by atoms with Gasteiger partial charge in [-0.3, -0.25) is 0 Å². The molecule has 5 heavy (non-hydrogen) atoms. The molecular formula is C5H8.